The summed E-state index contributed by atoms with van der Waals surface area (Å²) in [5.74, 6) is 0.0616. The van der Waals surface area contributed by atoms with E-state index >= 15 is 0 Å². The van der Waals surface area contributed by atoms with Crippen LogP contribution in [-0.2, 0) is 11.2 Å². The van der Waals surface area contributed by atoms with Crippen LogP contribution in [0.15, 0.2) is 24.3 Å². The number of nitrogens with zero attached hydrogens (tertiary/aromatic N) is 1. The number of hydrogen-bond donors (Lipinski definition) is 0. The van der Waals surface area contributed by atoms with Crippen LogP contribution < -0.4 is 0 Å². The molecule has 1 aliphatic rings. The summed E-state index contributed by atoms with van der Waals surface area (Å²) >= 11 is 0. The molecule has 1 aromatic carbocycles. The van der Waals surface area contributed by atoms with Crippen LogP contribution in [0.3, 0.4) is 0 Å². The van der Waals surface area contributed by atoms with Crippen molar-refractivity contribution in [2.24, 2.45) is 0 Å². The predicted molar refractivity (Wildman–Crippen MR) is 65.2 cm³/mol. The summed E-state index contributed by atoms with van der Waals surface area (Å²) < 4.78 is 12.7. The molecule has 0 aromatic heterocycles. The molecule has 0 unspecified atom stereocenters. The first-order chi connectivity index (χ1) is 8.25. The molecule has 0 aliphatic carbocycles. The summed E-state index contributed by atoms with van der Waals surface area (Å²) in [6.07, 6.45) is 4.59. The molecule has 1 heterocycles. The van der Waals surface area contributed by atoms with Crippen LogP contribution in [0.25, 0.3) is 0 Å². The number of halogens is 1. The summed E-state index contributed by atoms with van der Waals surface area (Å²) in [6.45, 7) is 1.85. The SMILES string of the molecule is O=C(CCCc1ccc(F)cc1)N1CCCC1. The van der Waals surface area contributed by atoms with E-state index in [0.29, 0.717) is 6.42 Å². The zero-order valence-corrected chi connectivity index (χ0v) is 9.99. The van der Waals surface area contributed by atoms with Gasteiger partial charge in [-0.1, -0.05) is 12.1 Å². The maximum Gasteiger partial charge on any atom is 0.222 e. The highest BCUT2D eigenvalue weighted by Crippen LogP contribution is 2.12. The molecule has 1 saturated heterocycles. The molecule has 3 heteroatoms. The van der Waals surface area contributed by atoms with Crippen molar-refractivity contribution in [3.63, 3.8) is 0 Å². The average molecular weight is 235 g/mol. The quantitative estimate of drug-likeness (QED) is 0.785. The lowest BCUT2D eigenvalue weighted by Gasteiger charge is -2.14. The zero-order valence-electron chi connectivity index (χ0n) is 9.99. The molecule has 0 saturated carbocycles. The largest absolute Gasteiger partial charge is 0.343 e. The van der Waals surface area contributed by atoms with Gasteiger partial charge in [0.25, 0.3) is 0 Å². The van der Waals surface area contributed by atoms with Gasteiger partial charge in [-0.15, -0.1) is 0 Å². The number of likely N-dealkylation sites (tertiary alicyclic amines) is 1. The zero-order chi connectivity index (χ0) is 12.1. The molecule has 0 radical (unpaired) electrons. The standard InChI is InChI=1S/C14H18FNO/c15-13-8-6-12(7-9-13)4-3-5-14(17)16-10-1-2-11-16/h6-9H,1-5,10-11H2. The van der Waals surface area contributed by atoms with E-state index in [1.54, 1.807) is 12.1 Å². The van der Waals surface area contributed by atoms with Gasteiger partial charge in [-0.2, -0.15) is 0 Å². The number of amides is 1. The van der Waals surface area contributed by atoms with E-state index < -0.39 is 0 Å². The van der Waals surface area contributed by atoms with Crippen LogP contribution in [0.5, 0.6) is 0 Å². The van der Waals surface area contributed by atoms with Gasteiger partial charge in [0.05, 0.1) is 0 Å². The summed E-state index contributed by atoms with van der Waals surface area (Å²) in [4.78, 5) is 13.7. The van der Waals surface area contributed by atoms with Crippen LogP contribution in [0.2, 0.25) is 0 Å². The summed E-state index contributed by atoms with van der Waals surface area (Å²) in [5, 5.41) is 0. The Morgan fingerprint density at radius 1 is 1.18 bits per heavy atom. The number of rotatable bonds is 4. The minimum atomic E-state index is -0.207. The second kappa shape index (κ2) is 5.80. The lowest BCUT2D eigenvalue weighted by molar-refractivity contribution is -0.130. The lowest BCUT2D eigenvalue weighted by Crippen LogP contribution is -2.27. The van der Waals surface area contributed by atoms with Gasteiger partial charge in [-0.05, 0) is 43.4 Å². The minimum Gasteiger partial charge on any atom is -0.343 e. The lowest BCUT2D eigenvalue weighted by atomic mass is 10.1. The smallest absolute Gasteiger partial charge is 0.222 e. The van der Waals surface area contributed by atoms with Crippen LogP contribution in [0.4, 0.5) is 4.39 Å². The average Bonchev–Trinajstić information content (AvgIpc) is 2.85. The second-order valence-corrected chi connectivity index (χ2v) is 4.57. The maximum absolute atomic E-state index is 12.7. The van der Waals surface area contributed by atoms with Crippen molar-refractivity contribution in [1.82, 2.24) is 4.90 Å². The molecule has 1 fully saturated rings. The van der Waals surface area contributed by atoms with Crippen LogP contribution in [-0.4, -0.2) is 23.9 Å². The van der Waals surface area contributed by atoms with E-state index in [1.165, 1.54) is 12.1 Å². The highest BCUT2D eigenvalue weighted by molar-refractivity contribution is 5.76. The molecule has 0 spiro atoms. The third kappa shape index (κ3) is 3.55. The molecule has 1 amide bonds. The molecule has 1 aliphatic heterocycles. The fourth-order valence-electron chi connectivity index (χ4n) is 2.22. The van der Waals surface area contributed by atoms with Gasteiger partial charge in [-0.25, -0.2) is 4.39 Å². The molecule has 0 N–H and O–H groups in total. The van der Waals surface area contributed by atoms with E-state index in [2.05, 4.69) is 0 Å². The third-order valence-electron chi connectivity index (χ3n) is 3.23. The Kier molecular flexibility index (Phi) is 4.13. The number of carbonyl (C=O) groups is 1. The van der Waals surface area contributed by atoms with Gasteiger partial charge >= 0.3 is 0 Å². The van der Waals surface area contributed by atoms with Crippen molar-refractivity contribution in [1.29, 1.82) is 0 Å². The third-order valence-corrected chi connectivity index (χ3v) is 3.23. The van der Waals surface area contributed by atoms with Crippen molar-refractivity contribution < 1.29 is 9.18 Å². The molecular weight excluding hydrogens is 217 g/mol. The molecule has 17 heavy (non-hydrogen) atoms. The number of carbonyl (C=O) groups excluding carboxylic acids is 1. The van der Waals surface area contributed by atoms with Gasteiger partial charge in [0.1, 0.15) is 5.82 Å². The van der Waals surface area contributed by atoms with Crippen molar-refractivity contribution in [2.75, 3.05) is 13.1 Å². The fourth-order valence-corrected chi connectivity index (χ4v) is 2.22. The van der Waals surface area contributed by atoms with Crippen molar-refractivity contribution in [3.8, 4) is 0 Å². The van der Waals surface area contributed by atoms with Crippen molar-refractivity contribution >= 4 is 5.91 Å². The molecule has 92 valence electrons. The molecular formula is C14H18FNO. The van der Waals surface area contributed by atoms with Crippen molar-refractivity contribution in [2.45, 2.75) is 32.1 Å². The van der Waals surface area contributed by atoms with E-state index in [4.69, 9.17) is 0 Å². The van der Waals surface area contributed by atoms with Crippen LogP contribution >= 0.6 is 0 Å². The van der Waals surface area contributed by atoms with E-state index in [9.17, 15) is 9.18 Å². The van der Waals surface area contributed by atoms with Gasteiger partial charge in [0.2, 0.25) is 5.91 Å². The monoisotopic (exact) mass is 235 g/mol. The number of benzene rings is 1. The van der Waals surface area contributed by atoms with E-state index in [0.717, 1.165) is 44.3 Å². The Morgan fingerprint density at radius 3 is 2.47 bits per heavy atom. The molecule has 1 aromatic rings. The first kappa shape index (κ1) is 12.1. The fraction of sp³-hybridized carbons (Fsp3) is 0.500. The topological polar surface area (TPSA) is 20.3 Å². The second-order valence-electron chi connectivity index (χ2n) is 4.57. The highest BCUT2D eigenvalue weighted by atomic mass is 19.1. The van der Waals surface area contributed by atoms with Crippen LogP contribution in [0.1, 0.15) is 31.2 Å². The van der Waals surface area contributed by atoms with Gasteiger partial charge < -0.3 is 4.90 Å². The molecule has 2 rings (SSSR count). The highest BCUT2D eigenvalue weighted by Gasteiger charge is 2.16. The summed E-state index contributed by atoms with van der Waals surface area (Å²) in [7, 11) is 0. The van der Waals surface area contributed by atoms with Gasteiger partial charge in [-0.3, -0.25) is 4.79 Å². The van der Waals surface area contributed by atoms with Gasteiger partial charge in [0.15, 0.2) is 0 Å². The van der Waals surface area contributed by atoms with E-state index in [1.807, 2.05) is 4.90 Å². The van der Waals surface area contributed by atoms with E-state index in [-0.39, 0.29) is 11.7 Å². The summed E-state index contributed by atoms with van der Waals surface area (Å²) in [5.41, 5.74) is 1.10. The Morgan fingerprint density at radius 2 is 1.82 bits per heavy atom. The van der Waals surface area contributed by atoms with Gasteiger partial charge in [0, 0.05) is 19.5 Å². The summed E-state index contributed by atoms with van der Waals surface area (Å²) in [6, 6.07) is 6.51. The Labute approximate surface area is 101 Å². The van der Waals surface area contributed by atoms with Crippen LogP contribution in [0, 0.1) is 5.82 Å². The molecule has 0 atom stereocenters. The predicted octanol–water partition coefficient (Wildman–Crippen LogP) is 2.77. The number of aryl methyl sites for hydroxylation is 1. The first-order valence-corrected chi connectivity index (χ1v) is 6.28. The minimum absolute atomic E-state index is 0.207. The maximum atomic E-state index is 12.7. The Bertz CT molecular complexity index is 368. The molecule has 2 nitrogen and oxygen atoms in total. The Balaban J connectivity index is 1.72. The van der Waals surface area contributed by atoms with Crippen molar-refractivity contribution in [3.05, 3.63) is 35.6 Å². The normalized spacial score (nSPS) is 15.2. The number of hydrogen-bond acceptors (Lipinski definition) is 1. The Hall–Kier alpha value is -1.38. The first-order valence-electron chi connectivity index (χ1n) is 6.28. The molecule has 0 bridgehead atoms.